The molecule has 0 bridgehead atoms. The normalized spacial score (nSPS) is 10.2. The van der Waals surface area contributed by atoms with Crippen LogP contribution in [0.15, 0.2) is 0 Å². The Balaban J connectivity index is -0.000000213. The van der Waals surface area contributed by atoms with Gasteiger partial charge in [0.2, 0.25) is 0 Å². The second-order valence-electron chi connectivity index (χ2n) is 16.8. The van der Waals surface area contributed by atoms with Crippen molar-refractivity contribution in [2.24, 2.45) is 0 Å². The second kappa shape index (κ2) is 70.7. The average molecular weight is 1070 g/mol. The first-order valence-electron chi connectivity index (χ1n) is 26.2. The molecule has 0 aromatic rings. The van der Waals surface area contributed by atoms with Gasteiger partial charge >= 0.3 is 157 Å². The molecule has 0 amide bonds. The van der Waals surface area contributed by atoms with E-state index in [2.05, 4.69) is 48.5 Å². The van der Waals surface area contributed by atoms with Crippen LogP contribution in [-0.2, 0) is 14.4 Å². The standard InChI is InChI=1S/3C12H24O2.4C4H9.2Sn/c3*1-2-3-4-5-6-7-8-9-10-11-12(13)14;4*1-3-4-2;;/h3*2-11H2,1H3,(H,13,14);4*1,3-4H2,2H3;;. The van der Waals surface area contributed by atoms with Gasteiger partial charge in [0.25, 0.3) is 0 Å². The minimum absolute atomic E-state index is 0.149. The van der Waals surface area contributed by atoms with E-state index in [1.54, 1.807) is 17.7 Å². The molecule has 0 heterocycles. The Morgan fingerprint density at radius 1 is 0.250 bits per heavy atom. The minimum atomic E-state index is -0.659. The molecule has 0 aromatic carbocycles. The first-order valence-corrected chi connectivity index (χ1v) is 34.3. The molecule has 8 heteroatoms. The summed E-state index contributed by atoms with van der Waals surface area (Å²) in [5.74, 6) is -1.98. The van der Waals surface area contributed by atoms with Crippen molar-refractivity contribution >= 4 is 60.2 Å². The first kappa shape index (κ1) is 69.1. The SMILES string of the molecule is CCCCCCCCCCCC(=O)O.CCCCCCCCCCCC(=O)O.CCCCCCCCCCCC(=O)O.CCC[CH2][Sn][CH2]CCC.CCC[CH2][Sn][CH2]CCC. The van der Waals surface area contributed by atoms with Gasteiger partial charge in [-0.15, -0.1) is 0 Å². The summed E-state index contributed by atoms with van der Waals surface area (Å²) in [4.78, 5) is 30.6. The van der Waals surface area contributed by atoms with Crippen LogP contribution in [0.4, 0.5) is 0 Å². The number of rotatable bonds is 42. The molecule has 60 heavy (non-hydrogen) atoms. The van der Waals surface area contributed by atoms with E-state index in [4.69, 9.17) is 15.3 Å². The molecule has 360 valence electrons. The van der Waals surface area contributed by atoms with E-state index >= 15 is 0 Å². The van der Waals surface area contributed by atoms with Crippen LogP contribution >= 0.6 is 0 Å². The van der Waals surface area contributed by atoms with E-state index in [1.807, 2.05) is 0 Å². The van der Waals surface area contributed by atoms with E-state index in [9.17, 15) is 14.4 Å². The predicted molar refractivity (Wildman–Crippen MR) is 269 cm³/mol. The molecule has 0 aliphatic carbocycles. The molecule has 0 rings (SSSR count). The molecule has 0 saturated heterocycles. The zero-order valence-electron chi connectivity index (χ0n) is 41.8. The Morgan fingerprint density at radius 3 is 0.550 bits per heavy atom. The van der Waals surface area contributed by atoms with Crippen molar-refractivity contribution in [1.82, 2.24) is 0 Å². The summed E-state index contributed by atoms with van der Waals surface area (Å²) in [6.45, 7) is 15.8. The van der Waals surface area contributed by atoms with Gasteiger partial charge in [-0.05, 0) is 19.3 Å². The predicted octanol–water partition coefficient (Wildman–Crippen LogP) is 18.2. The zero-order chi connectivity index (χ0) is 45.8. The molecule has 4 radical (unpaired) electrons. The van der Waals surface area contributed by atoms with Crippen LogP contribution in [0.3, 0.4) is 0 Å². The number of unbranched alkanes of at least 4 members (excludes halogenated alkanes) is 28. The molecule has 0 atom stereocenters. The summed E-state index contributed by atoms with van der Waals surface area (Å²) in [6.07, 6.45) is 46.1. The van der Waals surface area contributed by atoms with Gasteiger partial charge in [0, 0.05) is 19.3 Å². The third-order valence-electron chi connectivity index (χ3n) is 10.3. The molecular weight excluding hydrogens is 958 g/mol. The quantitative estimate of drug-likeness (QED) is 0.0415. The number of aliphatic carboxylic acids is 3. The van der Waals surface area contributed by atoms with Gasteiger partial charge in [0.05, 0.1) is 0 Å². The van der Waals surface area contributed by atoms with Crippen molar-refractivity contribution in [3.05, 3.63) is 0 Å². The zero-order valence-corrected chi connectivity index (χ0v) is 47.5. The van der Waals surface area contributed by atoms with Crippen molar-refractivity contribution in [2.45, 2.75) is 310 Å². The van der Waals surface area contributed by atoms with Crippen LogP contribution in [0.1, 0.15) is 292 Å². The van der Waals surface area contributed by atoms with Crippen LogP contribution in [-0.4, -0.2) is 75.5 Å². The van der Waals surface area contributed by atoms with Gasteiger partial charge in [0.15, 0.2) is 0 Å². The van der Waals surface area contributed by atoms with Crippen LogP contribution in [0.2, 0.25) is 17.7 Å². The summed E-state index contributed by atoms with van der Waals surface area (Å²) >= 11 is 0.299. The third-order valence-corrected chi connectivity index (χ3v) is 18.4. The summed E-state index contributed by atoms with van der Waals surface area (Å²) in [6, 6.07) is 0. The summed E-state index contributed by atoms with van der Waals surface area (Å²) in [7, 11) is 0. The van der Waals surface area contributed by atoms with Crippen molar-refractivity contribution in [3.8, 4) is 0 Å². The molecule has 0 fully saturated rings. The number of hydrogen-bond donors (Lipinski definition) is 3. The number of carboxylic acid groups (broad SMARTS) is 3. The third kappa shape index (κ3) is 93.1. The van der Waals surface area contributed by atoms with E-state index in [1.165, 1.54) is 186 Å². The van der Waals surface area contributed by atoms with Crippen LogP contribution in [0.5, 0.6) is 0 Å². The molecule has 0 aromatic heterocycles. The monoisotopic (exact) mass is 1070 g/mol. The number of hydrogen-bond acceptors (Lipinski definition) is 3. The summed E-state index contributed by atoms with van der Waals surface area (Å²) in [5, 5.41) is 25.2. The molecule has 3 N–H and O–H groups in total. The molecule has 0 spiro atoms. The first-order chi connectivity index (χ1) is 29.1. The molecule has 0 saturated carbocycles. The van der Waals surface area contributed by atoms with Crippen molar-refractivity contribution in [3.63, 3.8) is 0 Å². The van der Waals surface area contributed by atoms with Crippen molar-refractivity contribution < 1.29 is 29.7 Å². The Morgan fingerprint density at radius 2 is 0.400 bits per heavy atom. The Hall–Kier alpha value is 0.00740. The van der Waals surface area contributed by atoms with E-state index in [-0.39, 0.29) is 42.3 Å². The van der Waals surface area contributed by atoms with Crippen LogP contribution < -0.4 is 0 Å². The number of carbonyl (C=O) groups is 3. The molecular formula is C52H108O6Sn2. The summed E-state index contributed by atoms with van der Waals surface area (Å²) < 4.78 is 6.50. The van der Waals surface area contributed by atoms with Gasteiger partial charge < -0.3 is 15.3 Å². The average Bonchev–Trinajstić information content (AvgIpc) is 3.22. The van der Waals surface area contributed by atoms with Gasteiger partial charge in [0.1, 0.15) is 0 Å². The molecule has 0 aliphatic rings. The Bertz CT molecular complexity index is 665. The second-order valence-corrected chi connectivity index (χ2v) is 25.4. The maximum absolute atomic E-state index is 10.2. The molecule has 0 aliphatic heterocycles. The van der Waals surface area contributed by atoms with E-state index in [0.29, 0.717) is 19.3 Å². The van der Waals surface area contributed by atoms with Gasteiger partial charge in [-0.25, -0.2) is 0 Å². The van der Waals surface area contributed by atoms with Gasteiger partial charge in [-0.2, -0.15) is 0 Å². The van der Waals surface area contributed by atoms with Gasteiger partial charge in [-0.1, -0.05) is 175 Å². The van der Waals surface area contributed by atoms with E-state index in [0.717, 1.165) is 38.5 Å². The maximum atomic E-state index is 10.2. The van der Waals surface area contributed by atoms with Gasteiger partial charge in [-0.3, -0.25) is 14.4 Å². The van der Waals surface area contributed by atoms with Crippen molar-refractivity contribution in [1.29, 1.82) is 0 Å². The Kier molecular flexibility index (Phi) is 81.3. The number of carboxylic acids is 3. The van der Waals surface area contributed by atoms with Crippen LogP contribution in [0.25, 0.3) is 0 Å². The van der Waals surface area contributed by atoms with Crippen molar-refractivity contribution in [2.75, 3.05) is 0 Å². The fourth-order valence-electron chi connectivity index (χ4n) is 6.22. The Labute approximate surface area is 397 Å². The topological polar surface area (TPSA) is 112 Å². The molecule has 0 unspecified atom stereocenters. The molecule has 6 nitrogen and oxygen atoms in total. The fourth-order valence-corrected chi connectivity index (χ4v) is 14.5. The van der Waals surface area contributed by atoms with E-state index < -0.39 is 17.9 Å². The summed E-state index contributed by atoms with van der Waals surface area (Å²) in [5.41, 5.74) is 0. The fraction of sp³-hybridized carbons (Fsp3) is 0.942. The van der Waals surface area contributed by atoms with Crippen LogP contribution in [0, 0.1) is 0 Å².